The molecule has 0 bridgehead atoms. The Morgan fingerprint density at radius 3 is 2.77 bits per heavy atom. The summed E-state index contributed by atoms with van der Waals surface area (Å²) in [6, 6.07) is 7.32. The third-order valence-corrected chi connectivity index (χ3v) is 3.46. The van der Waals surface area contributed by atoms with Gasteiger partial charge >= 0.3 is 0 Å². The van der Waals surface area contributed by atoms with E-state index in [9.17, 15) is 9.59 Å². The Kier molecular flexibility index (Phi) is 5.55. The van der Waals surface area contributed by atoms with Crippen molar-refractivity contribution < 1.29 is 14.3 Å². The van der Waals surface area contributed by atoms with Crippen LogP contribution in [0.4, 0.5) is 0 Å². The summed E-state index contributed by atoms with van der Waals surface area (Å²) < 4.78 is 5.18. The third kappa shape index (κ3) is 4.60. The summed E-state index contributed by atoms with van der Waals surface area (Å²) in [7, 11) is 0. The quantitative estimate of drug-likeness (QED) is 0.770. The molecule has 1 aromatic rings. The first kappa shape index (κ1) is 16.0. The average Bonchev–Trinajstić information content (AvgIpc) is 2.52. The highest BCUT2D eigenvalue weighted by molar-refractivity contribution is 5.92. The van der Waals surface area contributed by atoms with Gasteiger partial charge in [-0.1, -0.05) is 12.1 Å². The first-order valence-corrected chi connectivity index (χ1v) is 7.27. The van der Waals surface area contributed by atoms with Crippen molar-refractivity contribution in [2.24, 2.45) is 5.73 Å². The lowest BCUT2D eigenvalue weighted by atomic mass is 10.2. The first-order chi connectivity index (χ1) is 10.6. The van der Waals surface area contributed by atoms with Gasteiger partial charge in [-0.2, -0.15) is 0 Å². The molecule has 6 heteroatoms. The highest BCUT2D eigenvalue weighted by Gasteiger charge is 2.20. The van der Waals surface area contributed by atoms with E-state index >= 15 is 0 Å². The normalized spacial score (nSPS) is 18.4. The minimum atomic E-state index is -0.514. The number of ether oxygens (including phenoxy) is 1. The van der Waals surface area contributed by atoms with Crippen molar-refractivity contribution in [2.75, 3.05) is 26.2 Å². The van der Waals surface area contributed by atoms with Gasteiger partial charge in [0.2, 0.25) is 5.91 Å². The molecule has 22 heavy (non-hydrogen) atoms. The summed E-state index contributed by atoms with van der Waals surface area (Å²) in [5.74, 6) is 0.0702. The Labute approximate surface area is 129 Å². The van der Waals surface area contributed by atoms with Crippen LogP contribution in [0.15, 0.2) is 30.3 Å². The largest absolute Gasteiger partial charge is 0.484 e. The monoisotopic (exact) mass is 303 g/mol. The molecular formula is C16H21N3O3. The number of nitrogens with one attached hydrogen (secondary N) is 1. The molecule has 0 spiro atoms. The minimum absolute atomic E-state index is 0.0167. The highest BCUT2D eigenvalue weighted by atomic mass is 16.5. The number of amides is 2. The molecule has 0 saturated carbocycles. The molecule has 1 saturated heterocycles. The number of nitrogens with two attached hydrogens (primary N) is 1. The zero-order valence-corrected chi connectivity index (χ0v) is 12.6. The van der Waals surface area contributed by atoms with E-state index in [2.05, 4.69) is 5.32 Å². The Hall–Kier alpha value is -2.34. The molecule has 1 fully saturated rings. The zero-order valence-electron chi connectivity index (χ0n) is 12.6. The summed E-state index contributed by atoms with van der Waals surface area (Å²) in [6.07, 6.45) is 3.36. The number of primary amides is 1. The van der Waals surface area contributed by atoms with Gasteiger partial charge in [0, 0.05) is 31.8 Å². The van der Waals surface area contributed by atoms with Crippen LogP contribution in [0.2, 0.25) is 0 Å². The lowest BCUT2D eigenvalue weighted by Gasteiger charge is -2.33. The second-order valence-electron chi connectivity index (χ2n) is 5.24. The zero-order chi connectivity index (χ0) is 15.9. The Morgan fingerprint density at radius 2 is 2.14 bits per heavy atom. The number of rotatable bonds is 5. The maximum Gasteiger partial charge on any atom is 0.255 e. The van der Waals surface area contributed by atoms with Crippen LogP contribution in [-0.2, 0) is 9.59 Å². The van der Waals surface area contributed by atoms with Crippen LogP contribution in [0.3, 0.4) is 0 Å². The molecule has 1 aromatic carbocycles. The van der Waals surface area contributed by atoms with Crippen LogP contribution in [-0.4, -0.2) is 49.0 Å². The van der Waals surface area contributed by atoms with Crippen LogP contribution in [0, 0.1) is 0 Å². The number of hydrogen-bond acceptors (Lipinski definition) is 4. The molecule has 0 radical (unpaired) electrons. The van der Waals surface area contributed by atoms with Crippen LogP contribution in [0.5, 0.6) is 5.75 Å². The molecule has 1 aliphatic heterocycles. The smallest absolute Gasteiger partial charge is 0.255 e. The fourth-order valence-corrected chi connectivity index (χ4v) is 2.26. The van der Waals surface area contributed by atoms with Gasteiger partial charge in [0.05, 0.1) is 0 Å². The van der Waals surface area contributed by atoms with Crippen molar-refractivity contribution in [3.05, 3.63) is 35.9 Å². The number of benzene rings is 1. The molecule has 1 aliphatic rings. The van der Waals surface area contributed by atoms with E-state index in [0.29, 0.717) is 5.75 Å². The lowest BCUT2D eigenvalue weighted by molar-refractivity contribution is -0.128. The molecular weight excluding hydrogens is 282 g/mol. The molecule has 118 valence electrons. The Morgan fingerprint density at radius 1 is 1.41 bits per heavy atom. The standard InChI is InChI=1S/C16H21N3O3/c1-12-10-18-8-9-19(12)16(21)7-4-13-2-5-14(6-3-13)22-11-15(17)20/h2-7,12,18H,8-11H2,1H3,(H2,17,20)/b7-4+. The second kappa shape index (κ2) is 7.61. The molecule has 1 atom stereocenters. The van der Waals surface area contributed by atoms with E-state index in [4.69, 9.17) is 10.5 Å². The van der Waals surface area contributed by atoms with Crippen LogP contribution < -0.4 is 15.8 Å². The van der Waals surface area contributed by atoms with Gasteiger partial charge in [-0.25, -0.2) is 0 Å². The van der Waals surface area contributed by atoms with E-state index in [-0.39, 0.29) is 18.6 Å². The lowest BCUT2D eigenvalue weighted by Crippen LogP contribution is -2.51. The number of piperazine rings is 1. The summed E-state index contributed by atoms with van der Waals surface area (Å²) in [6.45, 7) is 4.27. The molecule has 2 rings (SSSR count). The average molecular weight is 303 g/mol. The van der Waals surface area contributed by atoms with Crippen molar-refractivity contribution in [3.63, 3.8) is 0 Å². The van der Waals surface area contributed by atoms with Crippen LogP contribution in [0.25, 0.3) is 6.08 Å². The molecule has 2 amide bonds. The molecule has 6 nitrogen and oxygen atoms in total. The second-order valence-corrected chi connectivity index (χ2v) is 5.24. The van der Waals surface area contributed by atoms with Gasteiger partial charge in [0.1, 0.15) is 5.75 Å². The summed E-state index contributed by atoms with van der Waals surface area (Å²) >= 11 is 0. The predicted molar refractivity (Wildman–Crippen MR) is 84.2 cm³/mol. The minimum Gasteiger partial charge on any atom is -0.484 e. The molecule has 0 aliphatic carbocycles. The maximum atomic E-state index is 12.2. The molecule has 0 aromatic heterocycles. The number of hydrogen-bond donors (Lipinski definition) is 2. The van der Waals surface area contributed by atoms with E-state index in [1.165, 1.54) is 0 Å². The third-order valence-electron chi connectivity index (χ3n) is 3.46. The van der Waals surface area contributed by atoms with Crippen molar-refractivity contribution in [1.82, 2.24) is 10.2 Å². The van der Waals surface area contributed by atoms with E-state index in [1.807, 2.05) is 24.0 Å². The van der Waals surface area contributed by atoms with Crippen molar-refractivity contribution >= 4 is 17.9 Å². The van der Waals surface area contributed by atoms with Crippen molar-refractivity contribution in [1.29, 1.82) is 0 Å². The Balaban J connectivity index is 1.92. The van der Waals surface area contributed by atoms with Gasteiger partial charge in [-0.05, 0) is 30.7 Å². The summed E-state index contributed by atoms with van der Waals surface area (Å²) in [5, 5.41) is 3.25. The predicted octanol–water partition coefficient (Wildman–Crippen LogP) is 0.384. The van der Waals surface area contributed by atoms with Gasteiger partial charge in [0.15, 0.2) is 6.61 Å². The number of nitrogens with zero attached hydrogens (tertiary/aromatic N) is 1. The van der Waals surface area contributed by atoms with Crippen molar-refractivity contribution in [2.45, 2.75) is 13.0 Å². The maximum absolute atomic E-state index is 12.2. The number of carbonyl (C=O) groups is 2. The summed E-state index contributed by atoms with van der Waals surface area (Å²) in [4.78, 5) is 24.7. The molecule has 1 heterocycles. The topological polar surface area (TPSA) is 84.7 Å². The van der Waals surface area contributed by atoms with Crippen molar-refractivity contribution in [3.8, 4) is 5.75 Å². The highest BCUT2D eigenvalue weighted by Crippen LogP contribution is 2.13. The molecule has 3 N–H and O–H groups in total. The Bertz CT molecular complexity index is 554. The number of carbonyl (C=O) groups excluding carboxylic acids is 2. The first-order valence-electron chi connectivity index (χ1n) is 7.27. The molecule has 1 unspecified atom stereocenters. The summed E-state index contributed by atoms with van der Waals surface area (Å²) in [5.41, 5.74) is 5.90. The SMILES string of the molecule is CC1CNCCN1C(=O)/C=C/c1ccc(OCC(N)=O)cc1. The van der Waals surface area contributed by atoms with E-state index < -0.39 is 5.91 Å². The van der Waals surface area contributed by atoms with Crippen LogP contribution in [0.1, 0.15) is 12.5 Å². The fourth-order valence-electron chi connectivity index (χ4n) is 2.26. The van der Waals surface area contributed by atoms with Crippen LogP contribution >= 0.6 is 0 Å². The van der Waals surface area contributed by atoms with Gasteiger partial charge in [-0.3, -0.25) is 9.59 Å². The van der Waals surface area contributed by atoms with Gasteiger partial charge in [-0.15, -0.1) is 0 Å². The fraction of sp³-hybridized carbons (Fsp3) is 0.375. The van der Waals surface area contributed by atoms with E-state index in [0.717, 1.165) is 25.2 Å². The van der Waals surface area contributed by atoms with Gasteiger partial charge in [0.25, 0.3) is 5.91 Å². The van der Waals surface area contributed by atoms with Gasteiger partial charge < -0.3 is 20.7 Å². The van der Waals surface area contributed by atoms with E-state index in [1.54, 1.807) is 24.3 Å².